The lowest BCUT2D eigenvalue weighted by molar-refractivity contribution is 0.0706. The minimum absolute atomic E-state index is 0.0594. The summed E-state index contributed by atoms with van der Waals surface area (Å²) < 4.78 is 0. The fraction of sp³-hybridized carbons (Fsp3) is 0.333. The van der Waals surface area contributed by atoms with E-state index in [9.17, 15) is 9.59 Å². The zero-order valence-corrected chi connectivity index (χ0v) is 11.0. The lowest BCUT2D eigenvalue weighted by atomic mass is 10.0. The van der Waals surface area contributed by atoms with Crippen molar-refractivity contribution in [2.45, 2.75) is 18.9 Å². The molecule has 0 saturated carbocycles. The van der Waals surface area contributed by atoms with Crippen LogP contribution in [0.4, 0.5) is 4.79 Å². The Hall–Kier alpha value is -2.48. The third-order valence-corrected chi connectivity index (χ3v) is 3.39. The smallest absolute Gasteiger partial charge is 0.404 e. The van der Waals surface area contributed by atoms with Crippen molar-refractivity contribution in [3.63, 3.8) is 0 Å². The monoisotopic (exact) mass is 272 g/mol. The molecule has 1 heterocycles. The number of piperidine rings is 1. The summed E-state index contributed by atoms with van der Waals surface area (Å²) in [6, 6.07) is 6.91. The highest BCUT2D eigenvalue weighted by atomic mass is 16.4. The summed E-state index contributed by atoms with van der Waals surface area (Å²) in [6.07, 6.45) is 5.57. The van der Waals surface area contributed by atoms with E-state index in [2.05, 4.69) is 11.2 Å². The Labute approximate surface area is 117 Å². The Morgan fingerprint density at radius 3 is 2.65 bits per heavy atom. The lowest BCUT2D eigenvalue weighted by Gasteiger charge is -2.31. The largest absolute Gasteiger partial charge is 0.465 e. The molecule has 0 atom stereocenters. The average Bonchev–Trinajstić information content (AvgIpc) is 2.47. The van der Waals surface area contributed by atoms with Crippen molar-refractivity contribution < 1.29 is 14.7 Å². The van der Waals surface area contributed by atoms with Gasteiger partial charge < -0.3 is 15.3 Å². The molecular formula is C15H16N2O3. The Kier molecular flexibility index (Phi) is 4.26. The van der Waals surface area contributed by atoms with Gasteiger partial charge in [0.2, 0.25) is 0 Å². The van der Waals surface area contributed by atoms with Crippen LogP contribution in [-0.2, 0) is 0 Å². The van der Waals surface area contributed by atoms with Gasteiger partial charge in [-0.3, -0.25) is 4.79 Å². The van der Waals surface area contributed by atoms with Gasteiger partial charge in [0.25, 0.3) is 5.91 Å². The minimum Gasteiger partial charge on any atom is -0.465 e. The Morgan fingerprint density at radius 2 is 2.05 bits per heavy atom. The number of carbonyl (C=O) groups excluding carboxylic acids is 1. The molecule has 2 N–H and O–H groups in total. The molecule has 1 aliphatic heterocycles. The van der Waals surface area contributed by atoms with Crippen LogP contribution in [0.5, 0.6) is 0 Å². The van der Waals surface area contributed by atoms with Crippen molar-refractivity contribution >= 4 is 12.0 Å². The molecule has 5 heteroatoms. The highest BCUT2D eigenvalue weighted by Gasteiger charge is 2.24. The summed E-state index contributed by atoms with van der Waals surface area (Å²) in [5.41, 5.74) is 1.25. The van der Waals surface area contributed by atoms with Crippen LogP contribution in [0.15, 0.2) is 24.3 Å². The topological polar surface area (TPSA) is 69.6 Å². The first-order valence-corrected chi connectivity index (χ1v) is 6.45. The molecule has 0 aliphatic carbocycles. The van der Waals surface area contributed by atoms with Gasteiger partial charge in [0.15, 0.2) is 0 Å². The number of likely N-dealkylation sites (tertiary alicyclic amines) is 1. The number of amides is 2. The number of rotatable bonds is 2. The predicted octanol–water partition coefficient (Wildman–Crippen LogP) is 1.54. The van der Waals surface area contributed by atoms with Gasteiger partial charge in [-0.2, -0.15) is 0 Å². The van der Waals surface area contributed by atoms with Crippen molar-refractivity contribution in [3.05, 3.63) is 35.4 Å². The van der Waals surface area contributed by atoms with Crippen molar-refractivity contribution in [2.24, 2.45) is 0 Å². The first kappa shape index (κ1) is 13.9. The van der Waals surface area contributed by atoms with Gasteiger partial charge in [0.05, 0.1) is 0 Å². The molecular weight excluding hydrogens is 256 g/mol. The van der Waals surface area contributed by atoms with Crippen molar-refractivity contribution in [1.82, 2.24) is 10.2 Å². The van der Waals surface area contributed by atoms with Crippen LogP contribution in [0, 0.1) is 12.3 Å². The highest BCUT2D eigenvalue weighted by molar-refractivity contribution is 5.94. The number of benzene rings is 1. The maximum absolute atomic E-state index is 12.3. The van der Waals surface area contributed by atoms with Crippen LogP contribution < -0.4 is 5.32 Å². The molecule has 1 aromatic rings. The molecule has 0 unspecified atom stereocenters. The quantitative estimate of drug-likeness (QED) is 0.802. The Bertz CT molecular complexity index is 554. The lowest BCUT2D eigenvalue weighted by Crippen LogP contribution is -2.46. The van der Waals surface area contributed by atoms with Crippen LogP contribution >= 0.6 is 0 Å². The highest BCUT2D eigenvalue weighted by Crippen LogP contribution is 2.14. The molecule has 0 aromatic heterocycles. The summed E-state index contributed by atoms with van der Waals surface area (Å²) in [5, 5.41) is 11.1. The maximum atomic E-state index is 12.3. The summed E-state index contributed by atoms with van der Waals surface area (Å²) in [7, 11) is 0. The van der Waals surface area contributed by atoms with E-state index in [0.29, 0.717) is 37.1 Å². The van der Waals surface area contributed by atoms with Crippen molar-refractivity contribution in [3.8, 4) is 12.3 Å². The average molecular weight is 272 g/mol. The molecule has 1 saturated heterocycles. The fourth-order valence-corrected chi connectivity index (χ4v) is 2.33. The molecule has 1 aliphatic rings. The number of terminal acetylenes is 1. The van der Waals surface area contributed by atoms with E-state index < -0.39 is 6.09 Å². The van der Waals surface area contributed by atoms with Gasteiger partial charge in [-0.25, -0.2) is 4.79 Å². The first-order chi connectivity index (χ1) is 9.60. The normalized spacial score (nSPS) is 15.4. The molecule has 1 fully saturated rings. The van der Waals surface area contributed by atoms with Crippen molar-refractivity contribution in [2.75, 3.05) is 13.1 Å². The van der Waals surface area contributed by atoms with Gasteiger partial charge in [-0.15, -0.1) is 6.42 Å². The van der Waals surface area contributed by atoms with E-state index in [0.717, 1.165) is 0 Å². The number of hydrogen-bond donors (Lipinski definition) is 2. The minimum atomic E-state index is -1.02. The van der Waals surface area contributed by atoms with Crippen LogP contribution in [0.1, 0.15) is 28.8 Å². The SMILES string of the molecule is C#Cc1cccc(C(=O)N2CCC(NC(=O)O)CC2)c1. The summed E-state index contributed by atoms with van der Waals surface area (Å²) in [5.74, 6) is 2.45. The Morgan fingerprint density at radius 1 is 1.35 bits per heavy atom. The van der Waals surface area contributed by atoms with E-state index >= 15 is 0 Å². The number of nitrogens with zero attached hydrogens (tertiary/aromatic N) is 1. The number of carboxylic acid groups (broad SMARTS) is 1. The van der Waals surface area contributed by atoms with Crippen LogP contribution in [0.3, 0.4) is 0 Å². The molecule has 20 heavy (non-hydrogen) atoms. The second kappa shape index (κ2) is 6.11. The predicted molar refractivity (Wildman–Crippen MR) is 74.5 cm³/mol. The summed E-state index contributed by atoms with van der Waals surface area (Å²) in [4.78, 5) is 24.6. The standard InChI is InChI=1S/C15H16N2O3/c1-2-11-4-3-5-12(10-11)14(18)17-8-6-13(7-9-17)16-15(19)20/h1,3-5,10,13,16H,6-9H2,(H,19,20). The number of hydrogen-bond acceptors (Lipinski definition) is 2. The molecule has 0 spiro atoms. The number of nitrogens with one attached hydrogen (secondary N) is 1. The summed E-state index contributed by atoms with van der Waals surface area (Å²) >= 11 is 0. The van der Waals surface area contributed by atoms with E-state index in [4.69, 9.17) is 11.5 Å². The van der Waals surface area contributed by atoms with Crippen LogP contribution in [0.2, 0.25) is 0 Å². The maximum Gasteiger partial charge on any atom is 0.404 e. The zero-order valence-electron chi connectivity index (χ0n) is 11.0. The van der Waals surface area contributed by atoms with E-state index in [1.54, 1.807) is 29.2 Å². The van der Waals surface area contributed by atoms with Gasteiger partial charge in [0, 0.05) is 30.3 Å². The molecule has 0 bridgehead atoms. The van der Waals surface area contributed by atoms with E-state index in [1.165, 1.54) is 0 Å². The molecule has 2 rings (SSSR count). The third kappa shape index (κ3) is 3.29. The molecule has 5 nitrogen and oxygen atoms in total. The first-order valence-electron chi connectivity index (χ1n) is 6.45. The molecule has 2 amide bonds. The molecule has 104 valence electrons. The van der Waals surface area contributed by atoms with E-state index in [1.807, 2.05) is 0 Å². The van der Waals surface area contributed by atoms with Crippen LogP contribution in [-0.4, -0.2) is 41.1 Å². The molecule has 0 radical (unpaired) electrons. The molecule has 1 aromatic carbocycles. The van der Waals surface area contributed by atoms with Gasteiger partial charge >= 0.3 is 6.09 Å². The Balaban J connectivity index is 1.98. The van der Waals surface area contributed by atoms with Crippen LogP contribution in [0.25, 0.3) is 0 Å². The second-order valence-electron chi connectivity index (χ2n) is 4.74. The fourth-order valence-electron chi connectivity index (χ4n) is 2.33. The van der Waals surface area contributed by atoms with Gasteiger partial charge in [-0.1, -0.05) is 12.0 Å². The summed E-state index contributed by atoms with van der Waals surface area (Å²) in [6.45, 7) is 1.09. The van der Waals surface area contributed by atoms with Gasteiger partial charge in [-0.05, 0) is 31.0 Å². The van der Waals surface area contributed by atoms with E-state index in [-0.39, 0.29) is 11.9 Å². The zero-order chi connectivity index (χ0) is 14.5. The number of carbonyl (C=O) groups is 2. The second-order valence-corrected chi connectivity index (χ2v) is 4.74. The van der Waals surface area contributed by atoms with Crippen molar-refractivity contribution in [1.29, 1.82) is 0 Å². The van der Waals surface area contributed by atoms with Gasteiger partial charge in [0.1, 0.15) is 0 Å². The third-order valence-electron chi connectivity index (χ3n) is 3.39.